The van der Waals surface area contributed by atoms with Crippen molar-refractivity contribution >= 4 is 107 Å². The monoisotopic (exact) mass is 1240 g/mol. The van der Waals surface area contributed by atoms with Crippen molar-refractivity contribution in [3.63, 3.8) is 0 Å². The van der Waals surface area contributed by atoms with Gasteiger partial charge in [-0.15, -0.1) is 22.7 Å². The van der Waals surface area contributed by atoms with Crippen molar-refractivity contribution in [2.75, 3.05) is 0 Å². The molecule has 0 aliphatic rings. The molecular weight excluding hydrogens is 1180 g/mol. The van der Waals surface area contributed by atoms with Crippen molar-refractivity contribution in [3.05, 3.63) is 301 Å². The fourth-order valence-electron chi connectivity index (χ4n) is 14.7. The smallest absolute Gasteiger partial charge is 0.160 e. The summed E-state index contributed by atoms with van der Waals surface area (Å²) in [5.74, 6) is 0.566. The average Bonchev–Trinajstić information content (AvgIpc) is 0.966. The van der Waals surface area contributed by atoms with E-state index in [1.807, 2.05) is 24.3 Å². The van der Waals surface area contributed by atoms with E-state index in [-0.39, 0.29) is 0 Å². The number of nitriles is 1. The Morgan fingerprint density at radius 2 is 0.660 bits per heavy atom. The molecule has 18 aromatic rings. The van der Waals surface area contributed by atoms with E-state index in [2.05, 4.69) is 292 Å². The molecule has 0 amide bonds. The molecule has 0 aliphatic heterocycles. The van der Waals surface area contributed by atoms with Gasteiger partial charge in [0, 0.05) is 101 Å². The molecule has 0 saturated carbocycles. The van der Waals surface area contributed by atoms with Gasteiger partial charge >= 0.3 is 0 Å². The molecule has 0 saturated heterocycles. The fraction of sp³-hybridized carbons (Fsp3) is 0.0460. The maximum absolute atomic E-state index is 12.8. The molecule has 0 spiro atoms. The lowest BCUT2D eigenvalue weighted by Crippen LogP contribution is -2.05. The maximum atomic E-state index is 12.8. The molecule has 7 heteroatoms. The zero-order chi connectivity index (χ0) is 62.9. The van der Waals surface area contributed by atoms with Crippen LogP contribution in [-0.2, 0) is 0 Å². The van der Waals surface area contributed by atoms with Crippen molar-refractivity contribution in [1.29, 1.82) is 5.26 Å². The molecule has 0 aliphatic carbocycles. The predicted molar refractivity (Wildman–Crippen MR) is 398 cm³/mol. The summed E-state index contributed by atoms with van der Waals surface area (Å²) >= 11 is 3.60. The van der Waals surface area contributed by atoms with Gasteiger partial charge in [0.1, 0.15) is 6.07 Å². The minimum atomic E-state index is 0.518. The third-order valence-corrected chi connectivity index (χ3v) is 21.3. The lowest BCUT2D eigenvalue weighted by molar-refractivity contribution is 1.18. The van der Waals surface area contributed by atoms with Gasteiger partial charge in [0.2, 0.25) is 0 Å². The van der Waals surface area contributed by atoms with E-state index < -0.39 is 0 Å². The number of rotatable bonds is 9. The topological polar surface area (TPSA) is 59.4 Å². The lowest BCUT2D eigenvalue weighted by atomic mass is 9.76. The SMILES string of the molecule is Cc1ccc2c(c1)c1cc(C)ccc1n2-c1ccc(-c2c(-c3ccc4sc5ccccc5c4c3)c(C#N)c(-c3cc(-c4ccccc4)nc(-c4ccccc4)n3)c(-c3ccc4sc5ccccc5c4c3)c2-c2ccc(-n3c4ccc(C)cc4c4cc(C)ccc43)cc2)cc1. The van der Waals surface area contributed by atoms with E-state index in [1.165, 1.54) is 73.4 Å². The van der Waals surface area contributed by atoms with Crippen LogP contribution in [0, 0.1) is 39.0 Å². The zero-order valence-corrected chi connectivity index (χ0v) is 53.7. The number of hydrogen-bond donors (Lipinski definition) is 0. The Bertz CT molecular complexity index is 6020. The number of hydrogen-bond acceptors (Lipinski definition) is 5. The van der Waals surface area contributed by atoms with Gasteiger partial charge in [-0.1, -0.05) is 180 Å². The quantitative estimate of drug-likeness (QED) is 0.145. The highest BCUT2D eigenvalue weighted by Gasteiger charge is 2.31. The standard InChI is InChI=1S/C87H57N5S2/c1-51-23-37-74-65(43-51)66-44-52(2)24-38-75(66)91(74)61-33-27-56(28-34-61)83-82(59-31-41-80-69(47-59)63-19-11-13-21-78(63)93-80)71(50-88)86(73-49-72(55-15-7-5-8-16-55)89-87(90-73)58-17-9-6-10-18-58)85(60-32-42-81-70(48-60)64-20-12-14-22-79(64)94-81)84(83)57-29-35-62(36-30-57)92-76-39-25-53(3)45-67(76)68-46-54(4)26-40-77(68)92/h5-49H,1-4H3. The van der Waals surface area contributed by atoms with Crippen molar-refractivity contribution in [2.24, 2.45) is 0 Å². The highest BCUT2D eigenvalue weighted by atomic mass is 32.1. The minimum absolute atomic E-state index is 0.518. The summed E-state index contributed by atoms with van der Waals surface area (Å²) in [6.45, 7) is 8.69. The maximum Gasteiger partial charge on any atom is 0.160 e. The van der Waals surface area contributed by atoms with Crippen molar-refractivity contribution in [3.8, 4) is 95.9 Å². The molecule has 0 unspecified atom stereocenters. The number of thiophene rings is 2. The van der Waals surface area contributed by atoms with Crippen molar-refractivity contribution < 1.29 is 0 Å². The van der Waals surface area contributed by atoms with Gasteiger partial charge in [0.25, 0.3) is 0 Å². The number of aromatic nitrogens is 4. The first-order valence-corrected chi connectivity index (χ1v) is 33.5. The van der Waals surface area contributed by atoms with Crippen LogP contribution in [0.5, 0.6) is 0 Å². The molecule has 0 atom stereocenters. The minimum Gasteiger partial charge on any atom is -0.309 e. The molecular formula is C87H57N5S2. The molecule has 13 aromatic carbocycles. The van der Waals surface area contributed by atoms with E-state index in [4.69, 9.17) is 9.97 Å². The molecule has 94 heavy (non-hydrogen) atoms. The molecule has 0 radical (unpaired) electrons. The second kappa shape index (κ2) is 21.8. The highest BCUT2D eigenvalue weighted by molar-refractivity contribution is 7.26. The third kappa shape index (κ3) is 8.94. The highest BCUT2D eigenvalue weighted by Crippen LogP contribution is 2.55. The van der Waals surface area contributed by atoms with Crippen LogP contribution in [0.15, 0.2) is 273 Å². The average molecular weight is 1240 g/mol. The van der Waals surface area contributed by atoms with Crippen LogP contribution in [0.2, 0.25) is 0 Å². The van der Waals surface area contributed by atoms with Crippen LogP contribution < -0.4 is 0 Å². The number of fused-ring (bicyclic) bond motifs is 12. The Kier molecular flexibility index (Phi) is 12.8. The first kappa shape index (κ1) is 55.3. The first-order valence-electron chi connectivity index (χ1n) is 31.9. The summed E-state index contributed by atoms with van der Waals surface area (Å²) in [6, 6.07) is 102. The number of aryl methyl sites for hydroxylation is 4. The summed E-state index contributed by atoms with van der Waals surface area (Å²) in [5, 5.41) is 22.4. The van der Waals surface area contributed by atoms with E-state index in [0.717, 1.165) is 111 Å². The Morgan fingerprint density at radius 1 is 0.287 bits per heavy atom. The Morgan fingerprint density at radius 3 is 1.12 bits per heavy atom. The number of benzene rings is 13. The third-order valence-electron chi connectivity index (χ3n) is 19.0. The predicted octanol–water partition coefficient (Wildman–Crippen LogP) is 24.2. The second-order valence-corrected chi connectivity index (χ2v) is 27.2. The Hall–Kier alpha value is -11.5. The van der Waals surface area contributed by atoms with Crippen LogP contribution in [0.1, 0.15) is 27.8 Å². The van der Waals surface area contributed by atoms with Gasteiger partial charge in [-0.25, -0.2) is 9.97 Å². The molecule has 5 nitrogen and oxygen atoms in total. The summed E-state index contributed by atoms with van der Waals surface area (Å²) in [5.41, 5.74) is 23.5. The zero-order valence-electron chi connectivity index (χ0n) is 52.0. The van der Waals surface area contributed by atoms with Crippen molar-refractivity contribution in [2.45, 2.75) is 27.7 Å². The van der Waals surface area contributed by atoms with E-state index in [1.54, 1.807) is 22.7 Å². The van der Waals surface area contributed by atoms with Crippen molar-refractivity contribution in [1.82, 2.24) is 19.1 Å². The van der Waals surface area contributed by atoms with E-state index in [9.17, 15) is 5.26 Å². The first-order chi connectivity index (χ1) is 46.2. The molecule has 0 N–H and O–H groups in total. The normalized spacial score (nSPS) is 11.8. The van der Waals surface area contributed by atoms with Gasteiger partial charge in [0.15, 0.2) is 5.82 Å². The summed E-state index contributed by atoms with van der Waals surface area (Å²) in [4.78, 5) is 11.1. The van der Waals surface area contributed by atoms with Crippen LogP contribution in [-0.4, -0.2) is 19.1 Å². The lowest BCUT2D eigenvalue weighted by Gasteiger charge is -2.26. The molecule has 18 rings (SSSR count). The summed E-state index contributed by atoms with van der Waals surface area (Å²) < 4.78 is 9.62. The molecule has 0 bridgehead atoms. The van der Waals surface area contributed by atoms with E-state index in [0.29, 0.717) is 17.1 Å². The summed E-state index contributed by atoms with van der Waals surface area (Å²) in [6.07, 6.45) is 0. The van der Waals surface area contributed by atoms with Gasteiger partial charge in [-0.05, 0) is 176 Å². The Labute approximate surface area is 551 Å². The van der Waals surface area contributed by atoms with Crippen LogP contribution in [0.25, 0.3) is 174 Å². The fourth-order valence-corrected chi connectivity index (χ4v) is 16.9. The number of nitrogens with zero attached hydrogens (tertiary/aromatic N) is 5. The molecule has 5 aromatic heterocycles. The van der Waals surface area contributed by atoms with Gasteiger partial charge in [0.05, 0.1) is 39.0 Å². The van der Waals surface area contributed by atoms with Gasteiger partial charge < -0.3 is 9.13 Å². The summed E-state index contributed by atoms with van der Waals surface area (Å²) in [7, 11) is 0. The molecule has 0 fully saturated rings. The molecule has 442 valence electrons. The van der Waals surface area contributed by atoms with Crippen LogP contribution in [0.4, 0.5) is 0 Å². The van der Waals surface area contributed by atoms with Gasteiger partial charge in [-0.3, -0.25) is 0 Å². The van der Waals surface area contributed by atoms with Crippen LogP contribution in [0.3, 0.4) is 0 Å². The Balaban J connectivity index is 1.01. The van der Waals surface area contributed by atoms with Gasteiger partial charge in [-0.2, -0.15) is 5.26 Å². The largest absolute Gasteiger partial charge is 0.309 e. The second-order valence-electron chi connectivity index (χ2n) is 25.0. The van der Waals surface area contributed by atoms with Crippen LogP contribution >= 0.6 is 22.7 Å². The molecule has 5 heterocycles. The van der Waals surface area contributed by atoms with E-state index >= 15 is 0 Å².